The predicted octanol–water partition coefficient (Wildman–Crippen LogP) is 2.45. The highest BCUT2D eigenvalue weighted by Crippen LogP contribution is 2.25. The Labute approximate surface area is 148 Å². The van der Waals surface area contributed by atoms with E-state index in [2.05, 4.69) is 30.4 Å². The molecule has 1 N–H and O–H groups in total. The summed E-state index contributed by atoms with van der Waals surface area (Å²) in [6, 6.07) is 14.0. The zero-order valence-electron chi connectivity index (χ0n) is 15.0. The van der Waals surface area contributed by atoms with Gasteiger partial charge in [-0.2, -0.15) is 0 Å². The van der Waals surface area contributed by atoms with Crippen LogP contribution in [0.1, 0.15) is 12.8 Å². The van der Waals surface area contributed by atoms with Crippen molar-refractivity contribution in [2.24, 2.45) is 0 Å². The lowest BCUT2D eigenvalue weighted by molar-refractivity contribution is -0.124. The molecule has 0 saturated carbocycles. The van der Waals surface area contributed by atoms with E-state index < -0.39 is 0 Å². The molecule has 2 aromatic rings. The molecule has 1 heterocycles. The maximum Gasteiger partial charge on any atom is 0.258 e. The Hall–Kier alpha value is -2.11. The lowest BCUT2D eigenvalue weighted by atomic mass is 9.88. The summed E-state index contributed by atoms with van der Waals surface area (Å²) in [6.45, 7) is 2.12. The van der Waals surface area contributed by atoms with E-state index in [4.69, 9.17) is 9.47 Å². The number of rotatable bonds is 6. The van der Waals surface area contributed by atoms with E-state index in [1.165, 1.54) is 0 Å². The first-order chi connectivity index (χ1) is 12.1. The van der Waals surface area contributed by atoms with Crippen LogP contribution in [-0.2, 0) is 9.53 Å². The van der Waals surface area contributed by atoms with Crippen molar-refractivity contribution in [2.45, 2.75) is 18.4 Å². The van der Waals surface area contributed by atoms with Crippen molar-refractivity contribution in [3.8, 4) is 5.75 Å². The number of carbonyl (C=O) groups excluding carboxylic acids is 1. The number of carbonyl (C=O) groups is 1. The number of fused-ring (bicyclic) bond motifs is 1. The van der Waals surface area contributed by atoms with Crippen LogP contribution >= 0.6 is 0 Å². The molecule has 1 amide bonds. The van der Waals surface area contributed by atoms with Gasteiger partial charge < -0.3 is 19.7 Å². The van der Waals surface area contributed by atoms with E-state index in [-0.39, 0.29) is 18.1 Å². The van der Waals surface area contributed by atoms with Crippen molar-refractivity contribution in [1.82, 2.24) is 10.2 Å². The molecule has 0 radical (unpaired) electrons. The van der Waals surface area contributed by atoms with Crippen LogP contribution in [0.5, 0.6) is 5.75 Å². The Bertz CT molecular complexity index is 724. The van der Waals surface area contributed by atoms with E-state index in [0.717, 1.165) is 36.8 Å². The van der Waals surface area contributed by atoms with Crippen LogP contribution in [0, 0.1) is 0 Å². The summed E-state index contributed by atoms with van der Waals surface area (Å²) in [5.74, 6) is 0.614. The summed E-state index contributed by atoms with van der Waals surface area (Å²) < 4.78 is 11.1. The Balaban J connectivity index is 1.53. The number of ether oxygens (including phenoxy) is 2. The third-order valence-electron chi connectivity index (χ3n) is 5.08. The molecule has 5 heteroatoms. The molecule has 1 fully saturated rings. The molecule has 5 nitrogen and oxygen atoms in total. The zero-order valence-corrected chi connectivity index (χ0v) is 15.0. The molecule has 134 valence electrons. The summed E-state index contributed by atoms with van der Waals surface area (Å²) in [4.78, 5) is 14.4. The number of hydrogen-bond acceptors (Lipinski definition) is 4. The molecule has 25 heavy (non-hydrogen) atoms. The second kappa shape index (κ2) is 7.85. The fourth-order valence-electron chi connectivity index (χ4n) is 3.25. The van der Waals surface area contributed by atoms with E-state index >= 15 is 0 Å². The summed E-state index contributed by atoms with van der Waals surface area (Å²) in [5, 5.41) is 5.29. The quantitative estimate of drug-likeness (QED) is 0.876. The molecule has 0 bridgehead atoms. The molecule has 0 unspecified atom stereocenters. The van der Waals surface area contributed by atoms with Crippen LogP contribution in [0.25, 0.3) is 10.8 Å². The van der Waals surface area contributed by atoms with Gasteiger partial charge >= 0.3 is 0 Å². The van der Waals surface area contributed by atoms with Crippen molar-refractivity contribution < 1.29 is 14.3 Å². The van der Waals surface area contributed by atoms with Crippen molar-refractivity contribution in [2.75, 3.05) is 40.5 Å². The SMILES string of the molecule is CN(C)C1(CNC(=O)COc2ccc3ccccc3c2)CCOCC1. The highest BCUT2D eigenvalue weighted by atomic mass is 16.5. The molecule has 1 saturated heterocycles. The topological polar surface area (TPSA) is 50.8 Å². The van der Waals surface area contributed by atoms with Gasteiger partial charge in [0.2, 0.25) is 0 Å². The molecular formula is C20H26N2O3. The number of hydrogen-bond donors (Lipinski definition) is 1. The van der Waals surface area contributed by atoms with Gasteiger partial charge in [0.15, 0.2) is 6.61 Å². The normalized spacial score (nSPS) is 16.8. The van der Waals surface area contributed by atoms with Gasteiger partial charge in [-0.3, -0.25) is 4.79 Å². The first-order valence-corrected chi connectivity index (χ1v) is 8.73. The molecular weight excluding hydrogens is 316 g/mol. The van der Waals surface area contributed by atoms with Gasteiger partial charge in [-0.1, -0.05) is 30.3 Å². The Kier molecular flexibility index (Phi) is 5.56. The molecule has 1 aliphatic rings. The number of nitrogens with zero attached hydrogens (tertiary/aromatic N) is 1. The van der Waals surface area contributed by atoms with Gasteiger partial charge in [0, 0.05) is 25.3 Å². The second-order valence-corrected chi connectivity index (χ2v) is 6.81. The van der Waals surface area contributed by atoms with Crippen molar-refractivity contribution in [1.29, 1.82) is 0 Å². The van der Waals surface area contributed by atoms with Gasteiger partial charge in [-0.15, -0.1) is 0 Å². The first kappa shape index (κ1) is 17.7. The summed E-state index contributed by atoms with van der Waals surface area (Å²) in [7, 11) is 4.12. The third-order valence-corrected chi connectivity index (χ3v) is 5.08. The third kappa shape index (κ3) is 4.30. The molecule has 2 aromatic carbocycles. The van der Waals surface area contributed by atoms with Crippen LogP contribution < -0.4 is 10.1 Å². The molecule has 0 aromatic heterocycles. The van der Waals surface area contributed by atoms with Gasteiger partial charge in [0.1, 0.15) is 5.75 Å². The van der Waals surface area contributed by atoms with Crippen molar-refractivity contribution in [3.05, 3.63) is 42.5 Å². The number of benzene rings is 2. The molecule has 0 aliphatic carbocycles. The molecule has 3 rings (SSSR count). The monoisotopic (exact) mass is 342 g/mol. The summed E-state index contributed by atoms with van der Waals surface area (Å²) >= 11 is 0. The average molecular weight is 342 g/mol. The maximum atomic E-state index is 12.2. The minimum Gasteiger partial charge on any atom is -0.484 e. The fourth-order valence-corrected chi connectivity index (χ4v) is 3.25. The van der Waals surface area contributed by atoms with Gasteiger partial charge in [0.25, 0.3) is 5.91 Å². The van der Waals surface area contributed by atoms with Crippen molar-refractivity contribution >= 4 is 16.7 Å². The highest BCUT2D eigenvalue weighted by molar-refractivity contribution is 5.84. The van der Waals surface area contributed by atoms with E-state index in [9.17, 15) is 4.79 Å². The Morgan fingerprint density at radius 3 is 2.60 bits per heavy atom. The predicted molar refractivity (Wildman–Crippen MR) is 98.9 cm³/mol. The summed E-state index contributed by atoms with van der Waals surface area (Å²) in [5.41, 5.74) is -0.0309. The first-order valence-electron chi connectivity index (χ1n) is 8.73. The molecule has 0 spiro atoms. The van der Waals surface area contributed by atoms with Crippen LogP contribution in [0.3, 0.4) is 0 Å². The van der Waals surface area contributed by atoms with Crippen LogP contribution in [0.2, 0.25) is 0 Å². The van der Waals surface area contributed by atoms with Crippen LogP contribution in [0.4, 0.5) is 0 Å². The number of likely N-dealkylation sites (N-methyl/N-ethyl adjacent to an activating group) is 1. The van der Waals surface area contributed by atoms with Gasteiger partial charge in [-0.05, 0) is 49.8 Å². The fraction of sp³-hybridized carbons (Fsp3) is 0.450. The lowest BCUT2D eigenvalue weighted by Gasteiger charge is -2.42. The van der Waals surface area contributed by atoms with Crippen LogP contribution in [0.15, 0.2) is 42.5 Å². The highest BCUT2D eigenvalue weighted by Gasteiger charge is 2.35. The summed E-state index contributed by atoms with van der Waals surface area (Å²) in [6.07, 6.45) is 1.84. The zero-order chi connectivity index (χ0) is 17.7. The standard InChI is InChI=1S/C20H26N2O3/c1-22(2)20(9-11-24-12-10-20)15-21-19(23)14-25-18-8-7-16-5-3-4-6-17(16)13-18/h3-8,13H,9-12,14-15H2,1-2H3,(H,21,23). The smallest absolute Gasteiger partial charge is 0.258 e. The Morgan fingerprint density at radius 1 is 1.16 bits per heavy atom. The molecule has 0 atom stereocenters. The molecule has 1 aliphatic heterocycles. The largest absolute Gasteiger partial charge is 0.484 e. The lowest BCUT2D eigenvalue weighted by Crippen LogP contribution is -2.56. The minimum atomic E-state index is -0.0964. The van der Waals surface area contributed by atoms with Gasteiger partial charge in [0.05, 0.1) is 0 Å². The van der Waals surface area contributed by atoms with Crippen molar-refractivity contribution in [3.63, 3.8) is 0 Å². The minimum absolute atomic E-state index is 0.0261. The van der Waals surface area contributed by atoms with E-state index in [0.29, 0.717) is 12.3 Å². The number of amides is 1. The Morgan fingerprint density at radius 2 is 1.88 bits per heavy atom. The van der Waals surface area contributed by atoms with Crippen LogP contribution in [-0.4, -0.2) is 56.8 Å². The second-order valence-electron chi connectivity index (χ2n) is 6.81. The number of nitrogens with one attached hydrogen (secondary N) is 1. The maximum absolute atomic E-state index is 12.2. The van der Waals surface area contributed by atoms with E-state index in [1.54, 1.807) is 0 Å². The van der Waals surface area contributed by atoms with Gasteiger partial charge in [-0.25, -0.2) is 0 Å². The average Bonchev–Trinajstić information content (AvgIpc) is 2.65. The van der Waals surface area contributed by atoms with E-state index in [1.807, 2.05) is 36.4 Å².